The van der Waals surface area contributed by atoms with Gasteiger partial charge >= 0.3 is 6.03 Å². The molecule has 1 atom stereocenters. The van der Waals surface area contributed by atoms with Gasteiger partial charge in [-0.25, -0.2) is 4.79 Å². The Morgan fingerprint density at radius 1 is 1.24 bits per heavy atom. The first-order chi connectivity index (χ1) is 10.2. The number of urea groups is 1. The number of carbonyl (C=O) groups is 1. The average Bonchev–Trinajstić information content (AvgIpc) is 2.52. The number of aryl methyl sites for hydroxylation is 2. The first-order valence-electron chi connectivity index (χ1n) is 8.38. The SMILES string of the molecule is CCCNC(=O)NCC[C@H]1CCCc2ccc(CC)cc21. The maximum atomic E-state index is 11.6. The first kappa shape index (κ1) is 15.9. The topological polar surface area (TPSA) is 41.1 Å². The molecule has 1 aromatic rings. The van der Waals surface area contributed by atoms with Crippen molar-refractivity contribution in [2.45, 2.75) is 58.3 Å². The largest absolute Gasteiger partial charge is 0.338 e. The lowest BCUT2D eigenvalue weighted by molar-refractivity contribution is 0.240. The van der Waals surface area contributed by atoms with E-state index in [1.54, 1.807) is 0 Å². The molecule has 0 saturated carbocycles. The number of fused-ring (bicyclic) bond motifs is 1. The van der Waals surface area contributed by atoms with Crippen molar-refractivity contribution >= 4 is 6.03 Å². The second-order valence-electron chi connectivity index (χ2n) is 5.95. The summed E-state index contributed by atoms with van der Waals surface area (Å²) >= 11 is 0. The van der Waals surface area contributed by atoms with Crippen molar-refractivity contribution in [3.63, 3.8) is 0 Å². The summed E-state index contributed by atoms with van der Waals surface area (Å²) < 4.78 is 0. The maximum Gasteiger partial charge on any atom is 0.314 e. The fourth-order valence-electron chi connectivity index (χ4n) is 3.13. The van der Waals surface area contributed by atoms with Crippen molar-refractivity contribution in [1.29, 1.82) is 0 Å². The summed E-state index contributed by atoms with van der Waals surface area (Å²) in [6.07, 6.45) is 6.84. The molecular weight excluding hydrogens is 260 g/mol. The van der Waals surface area contributed by atoms with Gasteiger partial charge in [0.1, 0.15) is 0 Å². The van der Waals surface area contributed by atoms with Crippen LogP contribution in [0.5, 0.6) is 0 Å². The third-order valence-electron chi connectivity index (χ3n) is 4.37. The summed E-state index contributed by atoms with van der Waals surface area (Å²) in [4.78, 5) is 11.6. The molecule has 0 unspecified atom stereocenters. The van der Waals surface area contributed by atoms with Crippen LogP contribution in [-0.4, -0.2) is 19.1 Å². The van der Waals surface area contributed by atoms with Crippen LogP contribution in [0.4, 0.5) is 4.79 Å². The Morgan fingerprint density at radius 2 is 2.05 bits per heavy atom. The number of carbonyl (C=O) groups excluding carboxylic acids is 1. The van der Waals surface area contributed by atoms with E-state index in [9.17, 15) is 4.79 Å². The summed E-state index contributed by atoms with van der Waals surface area (Å²) in [7, 11) is 0. The van der Waals surface area contributed by atoms with Gasteiger partial charge in [0.05, 0.1) is 0 Å². The standard InChI is InChI=1S/C18H28N2O/c1-3-11-19-18(21)20-12-10-16-7-5-6-15-9-8-14(4-2)13-17(15)16/h8-9,13,16H,3-7,10-12H2,1-2H3,(H2,19,20,21)/t16-/m1/s1. The van der Waals surface area contributed by atoms with Crippen LogP contribution in [0.1, 0.15) is 62.1 Å². The summed E-state index contributed by atoms with van der Waals surface area (Å²) in [5.74, 6) is 0.603. The Hall–Kier alpha value is -1.51. The molecule has 3 nitrogen and oxygen atoms in total. The first-order valence-corrected chi connectivity index (χ1v) is 8.38. The van der Waals surface area contributed by atoms with E-state index >= 15 is 0 Å². The number of hydrogen-bond donors (Lipinski definition) is 2. The van der Waals surface area contributed by atoms with Crippen molar-refractivity contribution in [2.75, 3.05) is 13.1 Å². The quantitative estimate of drug-likeness (QED) is 0.822. The fraction of sp³-hybridized carbons (Fsp3) is 0.611. The minimum atomic E-state index is -0.0322. The summed E-state index contributed by atoms with van der Waals surface area (Å²) in [5.41, 5.74) is 4.46. The Bertz CT molecular complexity index is 470. The van der Waals surface area contributed by atoms with Gasteiger partial charge < -0.3 is 10.6 Å². The molecule has 0 heterocycles. The van der Waals surface area contributed by atoms with E-state index in [4.69, 9.17) is 0 Å². The van der Waals surface area contributed by atoms with Gasteiger partial charge in [-0.05, 0) is 61.1 Å². The molecule has 2 amide bonds. The summed E-state index contributed by atoms with van der Waals surface area (Å²) in [6.45, 7) is 5.78. The maximum absolute atomic E-state index is 11.6. The van der Waals surface area contributed by atoms with E-state index in [2.05, 4.69) is 42.7 Å². The van der Waals surface area contributed by atoms with Gasteiger partial charge in [0.2, 0.25) is 0 Å². The molecular formula is C18H28N2O. The zero-order valence-corrected chi connectivity index (χ0v) is 13.4. The average molecular weight is 288 g/mol. The smallest absolute Gasteiger partial charge is 0.314 e. The predicted molar refractivity (Wildman–Crippen MR) is 87.8 cm³/mol. The molecule has 1 aliphatic rings. The Balaban J connectivity index is 1.89. The molecule has 0 aliphatic heterocycles. The molecule has 2 N–H and O–H groups in total. The highest BCUT2D eigenvalue weighted by atomic mass is 16.2. The van der Waals surface area contributed by atoms with Crippen molar-refractivity contribution < 1.29 is 4.79 Å². The van der Waals surface area contributed by atoms with Gasteiger partial charge in [0.25, 0.3) is 0 Å². The molecule has 0 fully saturated rings. The van der Waals surface area contributed by atoms with Gasteiger partial charge in [0, 0.05) is 13.1 Å². The third-order valence-corrected chi connectivity index (χ3v) is 4.37. The van der Waals surface area contributed by atoms with Gasteiger partial charge in [-0.2, -0.15) is 0 Å². The van der Waals surface area contributed by atoms with Crippen LogP contribution in [0.2, 0.25) is 0 Å². The lowest BCUT2D eigenvalue weighted by Gasteiger charge is -2.26. The second-order valence-corrected chi connectivity index (χ2v) is 5.95. The lowest BCUT2D eigenvalue weighted by Crippen LogP contribution is -2.36. The molecule has 1 aliphatic carbocycles. The minimum absolute atomic E-state index is 0.0322. The van der Waals surface area contributed by atoms with E-state index in [1.165, 1.54) is 36.0 Å². The van der Waals surface area contributed by atoms with Crippen molar-refractivity contribution in [1.82, 2.24) is 10.6 Å². The van der Waals surface area contributed by atoms with Gasteiger partial charge in [0.15, 0.2) is 0 Å². The van der Waals surface area contributed by atoms with Crippen LogP contribution < -0.4 is 10.6 Å². The molecule has 1 aromatic carbocycles. The fourth-order valence-corrected chi connectivity index (χ4v) is 3.13. The van der Waals surface area contributed by atoms with Crippen LogP contribution in [0.15, 0.2) is 18.2 Å². The van der Waals surface area contributed by atoms with Crippen LogP contribution in [0.3, 0.4) is 0 Å². The van der Waals surface area contributed by atoms with Gasteiger partial charge in [-0.1, -0.05) is 32.0 Å². The zero-order chi connectivity index (χ0) is 15.1. The molecule has 116 valence electrons. The van der Waals surface area contributed by atoms with Crippen LogP contribution in [0, 0.1) is 0 Å². The molecule has 0 radical (unpaired) electrons. The minimum Gasteiger partial charge on any atom is -0.338 e. The monoisotopic (exact) mass is 288 g/mol. The van der Waals surface area contributed by atoms with Crippen LogP contribution >= 0.6 is 0 Å². The highest BCUT2D eigenvalue weighted by Gasteiger charge is 2.20. The van der Waals surface area contributed by atoms with Gasteiger partial charge in [-0.3, -0.25) is 0 Å². The van der Waals surface area contributed by atoms with Crippen molar-refractivity contribution in [3.05, 3.63) is 34.9 Å². The number of rotatable bonds is 6. The third kappa shape index (κ3) is 4.48. The van der Waals surface area contributed by atoms with E-state index in [1.807, 2.05) is 0 Å². The lowest BCUT2D eigenvalue weighted by atomic mass is 9.80. The zero-order valence-electron chi connectivity index (χ0n) is 13.4. The number of benzene rings is 1. The Morgan fingerprint density at radius 3 is 2.81 bits per heavy atom. The van der Waals surface area contributed by atoms with E-state index in [-0.39, 0.29) is 6.03 Å². The normalized spacial score (nSPS) is 17.1. The molecule has 0 saturated heterocycles. The second kappa shape index (κ2) is 8.06. The molecule has 2 rings (SSSR count). The Labute approximate surface area is 128 Å². The number of nitrogens with one attached hydrogen (secondary N) is 2. The van der Waals surface area contributed by atoms with E-state index < -0.39 is 0 Å². The van der Waals surface area contributed by atoms with Crippen molar-refractivity contribution in [3.8, 4) is 0 Å². The highest BCUT2D eigenvalue weighted by Crippen LogP contribution is 2.34. The summed E-state index contributed by atoms with van der Waals surface area (Å²) in [5, 5.41) is 5.83. The summed E-state index contributed by atoms with van der Waals surface area (Å²) in [6, 6.07) is 6.92. The van der Waals surface area contributed by atoms with Crippen molar-refractivity contribution in [2.24, 2.45) is 0 Å². The molecule has 0 aromatic heterocycles. The Kier molecular flexibility index (Phi) is 6.09. The van der Waals surface area contributed by atoms with E-state index in [0.29, 0.717) is 5.92 Å². The highest BCUT2D eigenvalue weighted by molar-refractivity contribution is 5.73. The predicted octanol–water partition coefficient (Wildman–Crippen LogP) is 3.77. The molecule has 0 spiro atoms. The molecule has 3 heteroatoms. The molecule has 21 heavy (non-hydrogen) atoms. The van der Waals surface area contributed by atoms with Gasteiger partial charge in [-0.15, -0.1) is 0 Å². The van der Waals surface area contributed by atoms with Crippen LogP contribution in [-0.2, 0) is 12.8 Å². The number of amides is 2. The molecule has 0 bridgehead atoms. The van der Waals surface area contributed by atoms with E-state index in [0.717, 1.165) is 32.4 Å². The number of hydrogen-bond acceptors (Lipinski definition) is 1. The van der Waals surface area contributed by atoms with Crippen LogP contribution in [0.25, 0.3) is 0 Å².